The van der Waals surface area contributed by atoms with E-state index in [0.717, 1.165) is 12.3 Å². The first-order valence-electron chi connectivity index (χ1n) is 5.97. The van der Waals surface area contributed by atoms with Crippen molar-refractivity contribution in [3.05, 3.63) is 18.2 Å². The monoisotopic (exact) mass is 207 g/mol. The molecule has 1 aliphatic heterocycles. The van der Waals surface area contributed by atoms with Gasteiger partial charge in [-0.2, -0.15) is 0 Å². The molecule has 2 rings (SSSR count). The summed E-state index contributed by atoms with van der Waals surface area (Å²) >= 11 is 0. The van der Waals surface area contributed by atoms with E-state index >= 15 is 0 Å². The molecule has 1 N–H and O–H groups in total. The average Bonchev–Trinajstić information content (AvgIpc) is 2.63. The molecule has 0 saturated carbocycles. The van der Waals surface area contributed by atoms with E-state index in [2.05, 4.69) is 28.8 Å². The normalized spacial score (nSPS) is 26.8. The summed E-state index contributed by atoms with van der Waals surface area (Å²) in [6.07, 6.45) is 8.91. The fraction of sp³-hybridized carbons (Fsp3) is 0.750. The van der Waals surface area contributed by atoms with E-state index in [1.54, 1.807) is 0 Å². The van der Waals surface area contributed by atoms with Crippen molar-refractivity contribution in [1.82, 2.24) is 14.9 Å². The molecule has 0 spiro atoms. The molecule has 1 aromatic rings. The van der Waals surface area contributed by atoms with Gasteiger partial charge in [0.2, 0.25) is 0 Å². The molecule has 0 aliphatic carbocycles. The van der Waals surface area contributed by atoms with Crippen molar-refractivity contribution >= 4 is 0 Å². The minimum Gasteiger partial charge on any atom is -0.338 e. The van der Waals surface area contributed by atoms with Gasteiger partial charge in [-0.1, -0.05) is 6.92 Å². The number of nitrogens with zero attached hydrogens (tertiary/aromatic N) is 2. The summed E-state index contributed by atoms with van der Waals surface area (Å²) in [6.45, 7) is 3.55. The van der Waals surface area contributed by atoms with E-state index in [4.69, 9.17) is 0 Å². The maximum Gasteiger partial charge on any atom is 0.108 e. The third kappa shape index (κ3) is 2.59. The Morgan fingerprint density at radius 3 is 3.13 bits per heavy atom. The van der Waals surface area contributed by atoms with Crippen LogP contribution in [0, 0.1) is 5.92 Å². The van der Waals surface area contributed by atoms with Crippen LogP contribution in [-0.4, -0.2) is 22.1 Å². The summed E-state index contributed by atoms with van der Waals surface area (Å²) in [7, 11) is 2.07. The smallest absolute Gasteiger partial charge is 0.108 e. The lowest BCUT2D eigenvalue weighted by Gasteiger charge is -2.30. The molecule has 1 saturated heterocycles. The van der Waals surface area contributed by atoms with Crippen LogP contribution in [0.5, 0.6) is 0 Å². The van der Waals surface area contributed by atoms with E-state index < -0.39 is 0 Å². The summed E-state index contributed by atoms with van der Waals surface area (Å²) in [5.74, 6) is 2.02. The third-order valence-electron chi connectivity index (χ3n) is 3.53. The van der Waals surface area contributed by atoms with Gasteiger partial charge in [0, 0.05) is 31.9 Å². The molecule has 2 heterocycles. The van der Waals surface area contributed by atoms with E-state index in [0.29, 0.717) is 6.04 Å². The van der Waals surface area contributed by atoms with Crippen molar-refractivity contribution in [2.45, 2.75) is 38.6 Å². The van der Waals surface area contributed by atoms with Crippen molar-refractivity contribution in [2.75, 3.05) is 6.54 Å². The highest BCUT2D eigenvalue weighted by Crippen LogP contribution is 2.19. The number of imidazole rings is 1. The largest absolute Gasteiger partial charge is 0.338 e. The highest BCUT2D eigenvalue weighted by atomic mass is 15.0. The zero-order valence-electron chi connectivity index (χ0n) is 9.74. The lowest BCUT2D eigenvalue weighted by Crippen LogP contribution is -2.40. The van der Waals surface area contributed by atoms with E-state index in [-0.39, 0.29) is 0 Å². The standard InChI is InChI=1S/C12H21N3/c1-10-4-3-7-13-11(10)5-6-12-14-8-9-15(12)2/h8-11,13H,3-7H2,1-2H3. The second-order valence-electron chi connectivity index (χ2n) is 4.67. The van der Waals surface area contributed by atoms with E-state index in [1.165, 1.54) is 31.6 Å². The van der Waals surface area contributed by atoms with Gasteiger partial charge in [-0.15, -0.1) is 0 Å². The Kier molecular flexibility index (Phi) is 3.41. The van der Waals surface area contributed by atoms with E-state index in [1.807, 2.05) is 12.4 Å². The van der Waals surface area contributed by atoms with Gasteiger partial charge in [0.15, 0.2) is 0 Å². The van der Waals surface area contributed by atoms with Crippen LogP contribution in [0.15, 0.2) is 12.4 Å². The quantitative estimate of drug-likeness (QED) is 0.818. The Bertz CT molecular complexity index is 306. The van der Waals surface area contributed by atoms with Crippen molar-refractivity contribution < 1.29 is 0 Å². The van der Waals surface area contributed by atoms with Gasteiger partial charge in [0.1, 0.15) is 5.82 Å². The van der Waals surface area contributed by atoms with Crippen LogP contribution in [0.1, 0.15) is 32.0 Å². The number of piperidine rings is 1. The molecular formula is C12H21N3. The third-order valence-corrected chi connectivity index (χ3v) is 3.53. The zero-order valence-corrected chi connectivity index (χ0v) is 9.74. The molecule has 1 fully saturated rings. The summed E-state index contributed by atoms with van der Waals surface area (Å²) in [6, 6.07) is 0.690. The van der Waals surface area contributed by atoms with Gasteiger partial charge in [-0.25, -0.2) is 4.98 Å². The molecule has 1 aromatic heterocycles. The van der Waals surface area contributed by atoms with Crippen molar-refractivity contribution in [2.24, 2.45) is 13.0 Å². The van der Waals surface area contributed by atoms with Crippen molar-refractivity contribution in [3.63, 3.8) is 0 Å². The predicted octanol–water partition coefficient (Wildman–Crippen LogP) is 1.74. The Morgan fingerprint density at radius 1 is 1.60 bits per heavy atom. The van der Waals surface area contributed by atoms with Gasteiger partial charge < -0.3 is 9.88 Å². The molecule has 0 bridgehead atoms. The molecule has 2 unspecified atom stereocenters. The molecule has 1 aliphatic rings. The molecule has 15 heavy (non-hydrogen) atoms. The maximum atomic E-state index is 4.36. The highest BCUT2D eigenvalue weighted by molar-refractivity contribution is 4.93. The Balaban J connectivity index is 1.84. The molecule has 2 atom stereocenters. The van der Waals surface area contributed by atoms with Crippen LogP contribution in [0.4, 0.5) is 0 Å². The average molecular weight is 207 g/mol. The predicted molar refractivity (Wildman–Crippen MR) is 61.7 cm³/mol. The van der Waals surface area contributed by atoms with Gasteiger partial charge in [0.25, 0.3) is 0 Å². The molecule has 0 amide bonds. The number of hydrogen-bond acceptors (Lipinski definition) is 2. The van der Waals surface area contributed by atoms with Gasteiger partial charge in [-0.05, 0) is 31.7 Å². The van der Waals surface area contributed by atoms with Crippen LogP contribution in [0.3, 0.4) is 0 Å². The van der Waals surface area contributed by atoms with Crippen molar-refractivity contribution in [3.8, 4) is 0 Å². The van der Waals surface area contributed by atoms with Gasteiger partial charge in [0.05, 0.1) is 0 Å². The first-order valence-corrected chi connectivity index (χ1v) is 5.97. The maximum absolute atomic E-state index is 4.36. The van der Waals surface area contributed by atoms with Crippen LogP contribution < -0.4 is 5.32 Å². The second kappa shape index (κ2) is 4.79. The van der Waals surface area contributed by atoms with Gasteiger partial charge >= 0.3 is 0 Å². The molecule has 3 nitrogen and oxygen atoms in total. The minimum atomic E-state index is 0.690. The highest BCUT2D eigenvalue weighted by Gasteiger charge is 2.20. The number of nitrogens with one attached hydrogen (secondary N) is 1. The summed E-state index contributed by atoms with van der Waals surface area (Å²) in [5, 5.41) is 3.61. The number of rotatable bonds is 3. The number of aryl methyl sites for hydroxylation is 2. The molecule has 3 heteroatoms. The van der Waals surface area contributed by atoms with Crippen molar-refractivity contribution in [1.29, 1.82) is 0 Å². The van der Waals surface area contributed by atoms with Crippen LogP contribution in [0.2, 0.25) is 0 Å². The fourth-order valence-corrected chi connectivity index (χ4v) is 2.42. The SMILES string of the molecule is CC1CCCNC1CCc1nccn1C. The summed E-state index contributed by atoms with van der Waals surface area (Å²) in [4.78, 5) is 4.36. The first kappa shape index (κ1) is 10.7. The Labute approximate surface area is 91.9 Å². The topological polar surface area (TPSA) is 29.9 Å². The number of aromatic nitrogens is 2. The Hall–Kier alpha value is -0.830. The first-order chi connectivity index (χ1) is 7.27. The second-order valence-corrected chi connectivity index (χ2v) is 4.67. The minimum absolute atomic E-state index is 0.690. The molecule has 0 aromatic carbocycles. The molecule has 0 radical (unpaired) electrons. The fourth-order valence-electron chi connectivity index (χ4n) is 2.42. The zero-order chi connectivity index (χ0) is 10.7. The van der Waals surface area contributed by atoms with Gasteiger partial charge in [-0.3, -0.25) is 0 Å². The summed E-state index contributed by atoms with van der Waals surface area (Å²) < 4.78 is 2.12. The molecule has 84 valence electrons. The summed E-state index contributed by atoms with van der Waals surface area (Å²) in [5.41, 5.74) is 0. The van der Waals surface area contributed by atoms with E-state index in [9.17, 15) is 0 Å². The lowest BCUT2D eigenvalue weighted by molar-refractivity contribution is 0.285. The lowest BCUT2D eigenvalue weighted by atomic mass is 9.90. The number of hydrogen-bond donors (Lipinski definition) is 1. The van der Waals surface area contributed by atoms with Crippen LogP contribution in [-0.2, 0) is 13.5 Å². The molecular weight excluding hydrogens is 186 g/mol. The van der Waals surface area contributed by atoms with Crippen LogP contribution in [0.25, 0.3) is 0 Å². The Morgan fingerprint density at radius 2 is 2.47 bits per heavy atom. The van der Waals surface area contributed by atoms with Crippen LogP contribution >= 0.6 is 0 Å².